The van der Waals surface area contributed by atoms with Gasteiger partial charge in [0.25, 0.3) is 35.2 Å². The molecule has 0 saturated heterocycles. The Morgan fingerprint density at radius 3 is 1.39 bits per heavy atom. The quantitative estimate of drug-likeness (QED) is 0.0763. The zero-order chi connectivity index (χ0) is 53.9. The van der Waals surface area contributed by atoms with Crippen LogP contribution in [0.2, 0.25) is 0 Å². The number of hydrogen-bond donors (Lipinski definition) is 8. The van der Waals surface area contributed by atoms with Crippen molar-refractivity contribution in [1.29, 1.82) is 0 Å². The molecule has 0 unspecified atom stereocenters. The SMILES string of the molecule is Cc1nc2cc(CNC(=O)c3cc(C(=O)N[C@H](C)c4ccc(C(=O)O)cc4)n4c(=O)[nH]nc4n3)ccc2o1.Cc1nc2cc(CNC(=O)c3cc(C(=O)N[C@H](C)c4ccc(C(=O)O)cc4)nc4n[nH]c(=O)n34)ccc2o1. The van der Waals surface area contributed by atoms with E-state index in [2.05, 4.69) is 61.6 Å². The number of H-pyrrole nitrogens is 2. The van der Waals surface area contributed by atoms with Gasteiger partial charge in [0.15, 0.2) is 22.9 Å². The molecule has 0 saturated carbocycles. The van der Waals surface area contributed by atoms with Gasteiger partial charge in [-0.3, -0.25) is 19.2 Å². The van der Waals surface area contributed by atoms with Crippen LogP contribution in [0.25, 0.3) is 33.8 Å². The Labute approximate surface area is 425 Å². The number of nitrogens with zero attached hydrogens (tertiary/aromatic N) is 8. The van der Waals surface area contributed by atoms with Crippen LogP contribution in [0.3, 0.4) is 0 Å². The van der Waals surface area contributed by atoms with E-state index in [0.29, 0.717) is 45.1 Å². The van der Waals surface area contributed by atoms with Crippen molar-refractivity contribution in [2.24, 2.45) is 0 Å². The zero-order valence-corrected chi connectivity index (χ0v) is 40.4. The van der Waals surface area contributed by atoms with Crippen molar-refractivity contribution in [1.82, 2.24) is 70.4 Å². The number of aromatic amines is 2. The third-order valence-corrected chi connectivity index (χ3v) is 11.7. The van der Waals surface area contributed by atoms with E-state index >= 15 is 0 Å². The van der Waals surface area contributed by atoms with Crippen LogP contribution in [0.15, 0.2) is 115 Å². The molecule has 0 aliphatic heterocycles. The molecule has 0 spiro atoms. The molecule has 76 heavy (non-hydrogen) atoms. The number of nitrogens with one attached hydrogen (secondary N) is 6. The van der Waals surface area contributed by atoms with Crippen molar-refractivity contribution < 1.29 is 47.8 Å². The van der Waals surface area contributed by atoms with E-state index in [1.807, 2.05) is 0 Å². The summed E-state index contributed by atoms with van der Waals surface area (Å²) < 4.78 is 12.9. The molecule has 8 N–H and O–H groups in total. The first-order chi connectivity index (χ1) is 36.4. The summed E-state index contributed by atoms with van der Waals surface area (Å²) >= 11 is 0. The van der Waals surface area contributed by atoms with E-state index in [4.69, 9.17) is 19.0 Å². The van der Waals surface area contributed by atoms with Crippen LogP contribution in [0.4, 0.5) is 0 Å². The van der Waals surface area contributed by atoms with Crippen molar-refractivity contribution >= 4 is 69.3 Å². The van der Waals surface area contributed by atoms with E-state index in [-0.39, 0.29) is 58.5 Å². The molecule has 10 aromatic rings. The van der Waals surface area contributed by atoms with Crippen molar-refractivity contribution in [2.45, 2.75) is 52.9 Å². The monoisotopic (exact) mass is 1030 g/mol. The number of carboxylic acids is 2. The highest BCUT2D eigenvalue weighted by Crippen LogP contribution is 2.20. The Hall–Kier alpha value is -10.7. The predicted octanol–water partition coefficient (Wildman–Crippen LogP) is 3.97. The Morgan fingerprint density at radius 2 is 0.947 bits per heavy atom. The summed E-state index contributed by atoms with van der Waals surface area (Å²) in [5, 5.41) is 41.2. The molecule has 4 aromatic carbocycles. The standard InChI is InChI=1S/2C25H21N7O6/c1-12(15-4-6-16(7-5-15)23(35)36)27-21(33)18-10-19(32-24(29-18)30-31-25(32)37)22(34)26-11-14-3-8-20-17(9-14)28-13(2)38-20;1-12(15-4-6-16(7-5-15)23(35)36)27-22(34)19-10-18(29-24-30-31-25(37)32(19)24)21(33)26-11-14-3-8-20-17(9-14)28-13(2)38-20/h3-10,12H,11H2,1-2H3,(H,26,34)(H,27,33)(H,31,37)(H,35,36);3-10,12H,11H2,1-2H3,(H,26,33)(H,27,34)(H,31,37)(H,35,36)/t2*12-/m11/s1. The highest BCUT2D eigenvalue weighted by Gasteiger charge is 2.24. The Balaban J connectivity index is 0.000000186. The van der Waals surface area contributed by atoms with Gasteiger partial charge in [-0.15, -0.1) is 10.2 Å². The van der Waals surface area contributed by atoms with Gasteiger partial charge in [-0.1, -0.05) is 36.4 Å². The van der Waals surface area contributed by atoms with Gasteiger partial charge in [0.05, 0.1) is 23.2 Å². The molecule has 0 aliphatic carbocycles. The number of carbonyl (C=O) groups excluding carboxylic acids is 4. The second kappa shape index (κ2) is 20.8. The second-order valence-electron chi connectivity index (χ2n) is 17.1. The van der Waals surface area contributed by atoms with E-state index in [1.165, 1.54) is 36.4 Å². The summed E-state index contributed by atoms with van der Waals surface area (Å²) in [6.07, 6.45) is 0. The van der Waals surface area contributed by atoms with Gasteiger partial charge in [0, 0.05) is 26.9 Å². The normalized spacial score (nSPS) is 11.9. The molecular weight excluding hydrogens is 989 g/mol. The van der Waals surface area contributed by atoms with Gasteiger partial charge < -0.3 is 40.3 Å². The molecular formula is C50H42N14O12. The smallest absolute Gasteiger partial charge is 0.349 e. The summed E-state index contributed by atoms with van der Waals surface area (Å²) in [5.41, 5.74) is 3.75. The van der Waals surface area contributed by atoms with Crippen LogP contribution in [0, 0.1) is 13.8 Å². The fourth-order valence-electron chi connectivity index (χ4n) is 7.88. The molecule has 6 aromatic heterocycles. The lowest BCUT2D eigenvalue weighted by Gasteiger charge is -2.15. The maximum atomic E-state index is 13.2. The fourth-order valence-corrected chi connectivity index (χ4v) is 7.88. The molecule has 384 valence electrons. The van der Waals surface area contributed by atoms with Crippen LogP contribution in [0.5, 0.6) is 0 Å². The van der Waals surface area contributed by atoms with Crippen molar-refractivity contribution in [2.75, 3.05) is 0 Å². The first kappa shape index (κ1) is 50.3. The number of oxazole rings is 2. The molecule has 10 rings (SSSR count). The number of aromatic carboxylic acids is 2. The lowest BCUT2D eigenvalue weighted by molar-refractivity contribution is 0.0686. The Bertz CT molecular complexity index is 4060. The van der Waals surface area contributed by atoms with Crippen LogP contribution < -0.4 is 32.6 Å². The number of aromatic nitrogens is 10. The number of benzene rings is 4. The van der Waals surface area contributed by atoms with Gasteiger partial charge in [0.1, 0.15) is 33.8 Å². The molecule has 26 heteroatoms. The number of carboxylic acid groups (broad SMARTS) is 2. The summed E-state index contributed by atoms with van der Waals surface area (Å²) in [6.45, 7) is 7.18. The summed E-state index contributed by atoms with van der Waals surface area (Å²) in [6, 6.07) is 24.1. The molecule has 0 radical (unpaired) electrons. The molecule has 6 heterocycles. The molecule has 0 aliphatic rings. The van der Waals surface area contributed by atoms with Gasteiger partial charge in [-0.2, -0.15) is 0 Å². The van der Waals surface area contributed by atoms with Gasteiger partial charge in [-0.05, 0) is 96.8 Å². The molecule has 26 nitrogen and oxygen atoms in total. The van der Waals surface area contributed by atoms with Crippen LogP contribution >= 0.6 is 0 Å². The molecule has 0 fully saturated rings. The van der Waals surface area contributed by atoms with E-state index < -0.39 is 59.0 Å². The van der Waals surface area contributed by atoms with Gasteiger partial charge in [0.2, 0.25) is 0 Å². The summed E-state index contributed by atoms with van der Waals surface area (Å²) in [5.74, 6) is -3.82. The van der Waals surface area contributed by atoms with Crippen molar-refractivity contribution in [3.8, 4) is 0 Å². The molecule has 0 bridgehead atoms. The van der Waals surface area contributed by atoms with Crippen molar-refractivity contribution in [3.05, 3.63) is 186 Å². The van der Waals surface area contributed by atoms with E-state index in [1.54, 1.807) is 88.4 Å². The highest BCUT2D eigenvalue weighted by atomic mass is 16.4. The zero-order valence-electron chi connectivity index (χ0n) is 40.4. The van der Waals surface area contributed by atoms with Gasteiger partial charge in [-0.25, -0.2) is 58.1 Å². The first-order valence-corrected chi connectivity index (χ1v) is 22.9. The number of carbonyl (C=O) groups is 6. The average molecular weight is 1030 g/mol. The van der Waals surface area contributed by atoms with Crippen molar-refractivity contribution in [3.63, 3.8) is 0 Å². The Morgan fingerprint density at radius 1 is 0.539 bits per heavy atom. The fraction of sp³-hybridized carbons (Fsp3) is 0.160. The van der Waals surface area contributed by atoms with Crippen LogP contribution in [-0.4, -0.2) is 94.9 Å². The predicted molar refractivity (Wildman–Crippen MR) is 266 cm³/mol. The summed E-state index contributed by atoms with van der Waals surface area (Å²) in [7, 11) is 0. The van der Waals surface area contributed by atoms with Crippen LogP contribution in [0.1, 0.15) is 123 Å². The van der Waals surface area contributed by atoms with Crippen LogP contribution in [-0.2, 0) is 13.1 Å². The summed E-state index contributed by atoms with van der Waals surface area (Å²) in [4.78, 5) is 116. The minimum Gasteiger partial charge on any atom is -0.478 e. The third kappa shape index (κ3) is 10.7. The molecule has 4 amide bonds. The maximum Gasteiger partial charge on any atom is 0.349 e. The van der Waals surface area contributed by atoms with Gasteiger partial charge >= 0.3 is 23.3 Å². The highest BCUT2D eigenvalue weighted by molar-refractivity contribution is 5.99. The van der Waals surface area contributed by atoms with E-state index in [9.17, 15) is 38.4 Å². The maximum absolute atomic E-state index is 13.2. The largest absolute Gasteiger partial charge is 0.478 e. The topological polar surface area (TPSA) is 369 Å². The minimum absolute atomic E-state index is 0.111. The lowest BCUT2D eigenvalue weighted by atomic mass is 10.1. The minimum atomic E-state index is -1.06. The van der Waals surface area contributed by atoms with E-state index in [0.717, 1.165) is 19.9 Å². The molecule has 2 atom stereocenters. The number of rotatable bonds is 14. The lowest BCUT2D eigenvalue weighted by Crippen LogP contribution is -2.32. The number of amides is 4. The second-order valence-corrected chi connectivity index (χ2v) is 17.1. The first-order valence-electron chi connectivity index (χ1n) is 22.9. The third-order valence-electron chi connectivity index (χ3n) is 11.7. The number of fused-ring (bicyclic) bond motifs is 4. The number of aryl methyl sites for hydroxylation is 2. The number of hydrogen-bond acceptors (Lipinski definition) is 16. The Kier molecular flexibility index (Phi) is 13.8. The average Bonchev–Trinajstić information content (AvgIpc) is 4.19.